The number of rotatable bonds is 3. The van der Waals surface area contributed by atoms with Gasteiger partial charge < -0.3 is 4.74 Å². The average Bonchev–Trinajstić information content (AvgIpc) is 2.26. The van der Waals surface area contributed by atoms with Gasteiger partial charge in [0.1, 0.15) is 7.85 Å². The van der Waals surface area contributed by atoms with E-state index in [-0.39, 0.29) is 0 Å². The van der Waals surface area contributed by atoms with Crippen molar-refractivity contribution in [1.29, 1.82) is 0 Å². The normalized spacial score (nSPS) is 38.5. The van der Waals surface area contributed by atoms with Crippen molar-refractivity contribution in [2.75, 3.05) is 0 Å². The zero-order valence-corrected chi connectivity index (χ0v) is 10.6. The van der Waals surface area contributed by atoms with Gasteiger partial charge in [-0.2, -0.15) is 0 Å². The van der Waals surface area contributed by atoms with Crippen molar-refractivity contribution < 1.29 is 4.74 Å². The monoisotopic (exact) mass is 196 g/mol. The van der Waals surface area contributed by atoms with E-state index in [0.717, 1.165) is 23.7 Å². The van der Waals surface area contributed by atoms with Gasteiger partial charge in [-0.3, -0.25) is 0 Å². The van der Waals surface area contributed by atoms with Gasteiger partial charge >= 0.3 is 0 Å². The summed E-state index contributed by atoms with van der Waals surface area (Å²) in [6.07, 6.45) is 1.72. The van der Waals surface area contributed by atoms with E-state index in [4.69, 9.17) is 4.74 Å². The van der Waals surface area contributed by atoms with E-state index in [0.29, 0.717) is 12.1 Å². The maximum absolute atomic E-state index is 6.06. The van der Waals surface area contributed by atoms with Gasteiger partial charge in [0, 0.05) is 6.00 Å². The van der Waals surface area contributed by atoms with Crippen molar-refractivity contribution in [3.05, 3.63) is 0 Å². The van der Waals surface area contributed by atoms with Crippen LogP contribution in [0.25, 0.3) is 0 Å². The van der Waals surface area contributed by atoms with E-state index in [1.54, 1.807) is 0 Å². The van der Waals surface area contributed by atoms with E-state index in [9.17, 15) is 0 Å². The highest BCUT2D eigenvalue weighted by Crippen LogP contribution is 2.38. The van der Waals surface area contributed by atoms with E-state index in [1.165, 1.54) is 6.42 Å². The number of ether oxygens (including phenoxy) is 1. The van der Waals surface area contributed by atoms with Gasteiger partial charge in [-0.15, -0.1) is 0 Å². The van der Waals surface area contributed by atoms with Crippen LogP contribution in [-0.4, -0.2) is 20.0 Å². The molecule has 0 aliphatic carbocycles. The van der Waals surface area contributed by atoms with Crippen molar-refractivity contribution in [3.8, 4) is 0 Å². The quantitative estimate of drug-likeness (QED) is 0.629. The second kappa shape index (κ2) is 4.70. The Bertz CT molecular complexity index is 177. The van der Waals surface area contributed by atoms with Crippen molar-refractivity contribution in [3.63, 3.8) is 0 Å². The maximum atomic E-state index is 6.06. The van der Waals surface area contributed by atoms with Crippen LogP contribution in [0.4, 0.5) is 0 Å². The largest absolute Gasteiger partial charge is 0.383 e. The zero-order valence-electron chi connectivity index (χ0n) is 10.6. The van der Waals surface area contributed by atoms with Gasteiger partial charge in [0.2, 0.25) is 0 Å². The third-order valence-corrected chi connectivity index (χ3v) is 3.64. The van der Waals surface area contributed by atoms with E-state index in [1.807, 2.05) is 0 Å². The fraction of sp³-hybridized carbons (Fsp3) is 1.00. The first-order chi connectivity index (χ1) is 6.43. The maximum Gasteiger partial charge on any atom is 0.139 e. The summed E-state index contributed by atoms with van der Waals surface area (Å²) < 4.78 is 6.06. The van der Waals surface area contributed by atoms with Crippen LogP contribution in [0, 0.1) is 23.7 Å². The predicted molar refractivity (Wildman–Crippen MR) is 64.2 cm³/mol. The van der Waals surface area contributed by atoms with Crippen LogP contribution in [0.2, 0.25) is 0 Å². The molecule has 1 rings (SSSR count). The molecule has 0 spiro atoms. The summed E-state index contributed by atoms with van der Waals surface area (Å²) in [5.41, 5.74) is 0. The van der Waals surface area contributed by atoms with Gasteiger partial charge in [0.25, 0.3) is 0 Å². The van der Waals surface area contributed by atoms with Gasteiger partial charge in [-0.05, 0) is 30.1 Å². The Morgan fingerprint density at radius 2 is 1.79 bits per heavy atom. The van der Waals surface area contributed by atoms with Crippen molar-refractivity contribution >= 4 is 7.85 Å². The lowest BCUT2D eigenvalue weighted by atomic mass is 9.74. The number of hydrogen-bond acceptors (Lipinski definition) is 1. The van der Waals surface area contributed by atoms with Gasteiger partial charge in [0.15, 0.2) is 0 Å². The van der Waals surface area contributed by atoms with Crippen molar-refractivity contribution in [1.82, 2.24) is 0 Å². The van der Waals surface area contributed by atoms with Crippen LogP contribution in [-0.2, 0) is 4.74 Å². The molecule has 0 unspecified atom stereocenters. The summed E-state index contributed by atoms with van der Waals surface area (Å²) in [6, 6.07) is 0.450. The fourth-order valence-corrected chi connectivity index (χ4v) is 2.86. The highest BCUT2D eigenvalue weighted by atomic mass is 16.5. The lowest BCUT2D eigenvalue weighted by Crippen LogP contribution is -2.26. The SMILES string of the molecule is B[C@@H]1O[C@H](CC(C)C)[C@@H](C(C)C)[C@H]1C. The van der Waals surface area contributed by atoms with Crippen LogP contribution in [0.3, 0.4) is 0 Å². The molecule has 0 aromatic rings. The molecule has 4 atom stereocenters. The van der Waals surface area contributed by atoms with Crippen LogP contribution < -0.4 is 0 Å². The molecule has 1 fully saturated rings. The topological polar surface area (TPSA) is 9.23 Å². The molecule has 0 amide bonds. The molecular weight excluding hydrogens is 171 g/mol. The van der Waals surface area contributed by atoms with E-state index >= 15 is 0 Å². The third-order valence-electron chi connectivity index (χ3n) is 3.64. The van der Waals surface area contributed by atoms with Gasteiger partial charge in [-0.25, -0.2) is 0 Å². The molecule has 0 saturated carbocycles. The van der Waals surface area contributed by atoms with E-state index < -0.39 is 0 Å². The summed E-state index contributed by atoms with van der Waals surface area (Å²) in [6.45, 7) is 11.6. The molecule has 0 radical (unpaired) electrons. The van der Waals surface area contributed by atoms with Crippen LogP contribution in [0.5, 0.6) is 0 Å². The predicted octanol–water partition coefficient (Wildman–Crippen LogP) is 2.30. The molecule has 1 aliphatic heterocycles. The molecule has 2 heteroatoms. The average molecular weight is 196 g/mol. The summed E-state index contributed by atoms with van der Waals surface area (Å²) >= 11 is 0. The molecule has 0 aromatic heterocycles. The highest BCUT2D eigenvalue weighted by Gasteiger charge is 2.40. The first kappa shape index (κ1) is 12.1. The standard InChI is InChI=1S/C12H25BO/c1-7(2)6-10-11(8(3)4)9(5)12(13)14-10/h7-12H,6,13H2,1-5H3/t9-,10-,11+,12-/m1/s1. The first-order valence-corrected chi connectivity index (χ1v) is 6.09. The summed E-state index contributed by atoms with van der Waals surface area (Å²) in [4.78, 5) is 0. The molecule has 0 N–H and O–H groups in total. The minimum absolute atomic E-state index is 0.450. The van der Waals surface area contributed by atoms with Crippen LogP contribution in [0.1, 0.15) is 41.0 Å². The molecule has 0 aromatic carbocycles. The Balaban J connectivity index is 2.65. The molecule has 1 nitrogen and oxygen atoms in total. The summed E-state index contributed by atoms with van der Waals surface area (Å²) in [5.74, 6) is 2.98. The van der Waals surface area contributed by atoms with Crippen LogP contribution in [0.15, 0.2) is 0 Å². The Morgan fingerprint density at radius 1 is 1.21 bits per heavy atom. The number of hydrogen-bond donors (Lipinski definition) is 0. The Labute approximate surface area is 90.0 Å². The highest BCUT2D eigenvalue weighted by molar-refractivity contribution is 6.11. The molecule has 82 valence electrons. The Kier molecular flexibility index (Phi) is 4.06. The van der Waals surface area contributed by atoms with E-state index in [2.05, 4.69) is 42.5 Å². The third kappa shape index (κ3) is 2.53. The van der Waals surface area contributed by atoms with Crippen molar-refractivity contribution in [2.45, 2.75) is 53.1 Å². The molecule has 1 aliphatic rings. The molecule has 0 bridgehead atoms. The van der Waals surface area contributed by atoms with Crippen molar-refractivity contribution in [2.24, 2.45) is 23.7 Å². The zero-order chi connectivity index (χ0) is 10.9. The minimum atomic E-state index is 0.450. The Morgan fingerprint density at radius 3 is 2.21 bits per heavy atom. The minimum Gasteiger partial charge on any atom is -0.383 e. The molecule has 1 heterocycles. The molecule has 14 heavy (non-hydrogen) atoms. The second-order valence-corrected chi connectivity index (χ2v) is 5.69. The lowest BCUT2D eigenvalue weighted by molar-refractivity contribution is 0.0471. The fourth-order valence-electron chi connectivity index (χ4n) is 2.86. The second-order valence-electron chi connectivity index (χ2n) is 5.69. The summed E-state index contributed by atoms with van der Waals surface area (Å²) in [7, 11) is 2.22. The Hall–Kier alpha value is 0.0249. The summed E-state index contributed by atoms with van der Waals surface area (Å²) in [5, 5.41) is 0. The molecule has 1 saturated heterocycles. The first-order valence-electron chi connectivity index (χ1n) is 6.09. The van der Waals surface area contributed by atoms with Crippen LogP contribution >= 0.6 is 0 Å². The lowest BCUT2D eigenvalue weighted by Gasteiger charge is -2.26. The van der Waals surface area contributed by atoms with Gasteiger partial charge in [0.05, 0.1) is 6.10 Å². The molecular formula is C12H25BO. The van der Waals surface area contributed by atoms with Gasteiger partial charge in [-0.1, -0.05) is 34.6 Å². The smallest absolute Gasteiger partial charge is 0.139 e.